The number of carbonyl (C=O) groups is 1. The van der Waals surface area contributed by atoms with Crippen LogP contribution in [-0.4, -0.2) is 53.6 Å². The molecule has 27 heavy (non-hydrogen) atoms. The largest absolute Gasteiger partial charge is 0.354 e. The molecule has 0 bridgehead atoms. The highest BCUT2D eigenvalue weighted by Gasteiger charge is 2.34. The van der Waals surface area contributed by atoms with Gasteiger partial charge in [-0.05, 0) is 18.4 Å². The summed E-state index contributed by atoms with van der Waals surface area (Å²) >= 11 is 0. The molecule has 0 aliphatic carbocycles. The third-order valence-electron chi connectivity index (χ3n) is 4.83. The zero-order valence-electron chi connectivity index (χ0n) is 15.5. The molecule has 0 saturated carbocycles. The molecule has 1 saturated heterocycles. The number of sulfonamides is 1. The Balaban J connectivity index is 1.55. The number of rotatable bonds is 7. The smallest absolute Gasteiger partial charge is 0.238 e. The van der Waals surface area contributed by atoms with Gasteiger partial charge in [-0.1, -0.05) is 36.8 Å². The quantitative estimate of drug-likeness (QED) is 0.775. The van der Waals surface area contributed by atoms with E-state index in [2.05, 4.69) is 27.0 Å². The Labute approximate surface area is 160 Å². The highest BCUT2D eigenvalue weighted by Crippen LogP contribution is 2.20. The number of benzene rings is 1. The van der Waals surface area contributed by atoms with Crippen molar-refractivity contribution < 1.29 is 13.2 Å². The van der Waals surface area contributed by atoms with E-state index in [1.165, 1.54) is 16.1 Å². The van der Waals surface area contributed by atoms with E-state index in [4.69, 9.17) is 0 Å². The molecule has 2 aromatic rings. The molecule has 1 aliphatic rings. The molecule has 1 unspecified atom stereocenters. The third-order valence-corrected chi connectivity index (χ3v) is 6.12. The molecule has 1 N–H and O–H groups in total. The van der Waals surface area contributed by atoms with Crippen molar-refractivity contribution in [2.45, 2.75) is 38.3 Å². The van der Waals surface area contributed by atoms with Gasteiger partial charge in [0.05, 0.1) is 6.26 Å². The Morgan fingerprint density at radius 3 is 2.78 bits per heavy atom. The third kappa shape index (κ3) is 5.17. The first-order chi connectivity index (χ1) is 12.9. The van der Waals surface area contributed by atoms with Crippen molar-refractivity contribution in [2.75, 3.05) is 19.3 Å². The molecule has 8 heteroatoms. The van der Waals surface area contributed by atoms with E-state index in [-0.39, 0.29) is 5.91 Å². The normalized spacial score (nSPS) is 18.3. The second kappa shape index (κ2) is 8.67. The van der Waals surface area contributed by atoms with Gasteiger partial charge in [0.2, 0.25) is 15.9 Å². The van der Waals surface area contributed by atoms with Crippen LogP contribution in [0.5, 0.6) is 0 Å². The van der Waals surface area contributed by atoms with E-state index in [9.17, 15) is 13.2 Å². The van der Waals surface area contributed by atoms with Gasteiger partial charge in [-0.3, -0.25) is 4.79 Å². The van der Waals surface area contributed by atoms with E-state index in [1.807, 2.05) is 24.4 Å². The second-order valence-corrected chi connectivity index (χ2v) is 8.82. The van der Waals surface area contributed by atoms with Crippen LogP contribution in [0.3, 0.4) is 0 Å². The number of aromatic nitrogens is 2. The molecule has 1 aromatic heterocycles. The van der Waals surface area contributed by atoms with Crippen molar-refractivity contribution in [1.82, 2.24) is 19.2 Å². The van der Waals surface area contributed by atoms with Crippen LogP contribution in [0.1, 0.15) is 30.7 Å². The molecule has 1 atom stereocenters. The van der Waals surface area contributed by atoms with Gasteiger partial charge in [0.15, 0.2) is 0 Å². The summed E-state index contributed by atoms with van der Waals surface area (Å²) in [5, 5.41) is 2.89. The van der Waals surface area contributed by atoms with Gasteiger partial charge in [0.25, 0.3) is 0 Å². The first-order valence-electron chi connectivity index (χ1n) is 9.23. The fourth-order valence-corrected chi connectivity index (χ4v) is 4.60. The number of nitrogens with one attached hydrogen (secondary N) is 1. The number of hydrogen-bond acceptors (Lipinski definition) is 4. The lowest BCUT2D eigenvalue weighted by molar-refractivity contribution is -0.125. The number of imidazole rings is 1. The minimum atomic E-state index is -3.37. The maximum Gasteiger partial charge on any atom is 0.238 e. The number of hydrogen-bond donors (Lipinski definition) is 1. The highest BCUT2D eigenvalue weighted by molar-refractivity contribution is 7.88. The number of amides is 1. The van der Waals surface area contributed by atoms with E-state index < -0.39 is 16.1 Å². The molecule has 7 nitrogen and oxygen atoms in total. The van der Waals surface area contributed by atoms with E-state index in [0.717, 1.165) is 25.2 Å². The van der Waals surface area contributed by atoms with Crippen LogP contribution in [0, 0.1) is 0 Å². The van der Waals surface area contributed by atoms with E-state index in [0.29, 0.717) is 25.9 Å². The number of piperidine rings is 1. The van der Waals surface area contributed by atoms with Gasteiger partial charge in [0, 0.05) is 38.4 Å². The Hall–Kier alpha value is -2.19. The zero-order chi connectivity index (χ0) is 19.3. The average molecular weight is 391 g/mol. The predicted molar refractivity (Wildman–Crippen MR) is 104 cm³/mol. The van der Waals surface area contributed by atoms with Crippen LogP contribution in [-0.2, 0) is 27.8 Å². The van der Waals surface area contributed by atoms with Crippen molar-refractivity contribution in [2.24, 2.45) is 0 Å². The minimum absolute atomic E-state index is 0.221. The van der Waals surface area contributed by atoms with Gasteiger partial charge >= 0.3 is 0 Å². The maximum absolute atomic E-state index is 12.5. The molecule has 1 amide bonds. The molecule has 2 heterocycles. The molecule has 146 valence electrons. The highest BCUT2D eigenvalue weighted by atomic mass is 32.2. The summed E-state index contributed by atoms with van der Waals surface area (Å²) in [4.78, 5) is 16.9. The van der Waals surface area contributed by atoms with Crippen LogP contribution in [0.4, 0.5) is 0 Å². The number of carbonyl (C=O) groups excluding carboxylic acids is 1. The van der Waals surface area contributed by atoms with Crippen LogP contribution in [0.2, 0.25) is 0 Å². The van der Waals surface area contributed by atoms with Crippen molar-refractivity contribution in [3.05, 3.63) is 54.1 Å². The fourth-order valence-electron chi connectivity index (χ4n) is 3.47. The zero-order valence-corrected chi connectivity index (χ0v) is 16.4. The van der Waals surface area contributed by atoms with Gasteiger partial charge < -0.3 is 9.88 Å². The van der Waals surface area contributed by atoms with Crippen LogP contribution in [0.15, 0.2) is 42.7 Å². The lowest BCUT2D eigenvalue weighted by Crippen LogP contribution is -2.51. The topological polar surface area (TPSA) is 84.3 Å². The summed E-state index contributed by atoms with van der Waals surface area (Å²) in [7, 11) is -3.37. The van der Waals surface area contributed by atoms with Crippen LogP contribution >= 0.6 is 0 Å². The standard InChI is InChI=1S/C19H26N4O3S/c1-27(25,26)23-13-6-5-9-17(23)19(24)21-11-10-18-20-12-14-22(18)15-16-7-3-2-4-8-16/h2-4,7-8,12,14,17H,5-6,9-11,13,15H2,1H3,(H,21,24). The van der Waals surface area contributed by atoms with Gasteiger partial charge in [0.1, 0.15) is 11.9 Å². The SMILES string of the molecule is CS(=O)(=O)N1CCCCC1C(=O)NCCc1nccn1Cc1ccccc1. The van der Waals surface area contributed by atoms with E-state index >= 15 is 0 Å². The summed E-state index contributed by atoms with van der Waals surface area (Å²) in [6.45, 7) is 1.58. The number of nitrogens with zero attached hydrogens (tertiary/aromatic N) is 3. The molecular weight excluding hydrogens is 364 g/mol. The lowest BCUT2D eigenvalue weighted by atomic mass is 10.0. The molecule has 1 aliphatic heterocycles. The molecule has 0 spiro atoms. The van der Waals surface area contributed by atoms with Gasteiger partial charge in [-0.25, -0.2) is 13.4 Å². The van der Waals surface area contributed by atoms with Gasteiger partial charge in [-0.2, -0.15) is 4.31 Å². The van der Waals surface area contributed by atoms with Crippen molar-refractivity contribution in [3.8, 4) is 0 Å². The molecule has 0 radical (unpaired) electrons. The summed E-state index contributed by atoms with van der Waals surface area (Å²) in [6.07, 6.45) is 7.68. The Morgan fingerprint density at radius 2 is 2.04 bits per heavy atom. The summed E-state index contributed by atoms with van der Waals surface area (Å²) in [5.74, 6) is 0.670. The minimum Gasteiger partial charge on any atom is -0.354 e. The second-order valence-electron chi connectivity index (χ2n) is 6.88. The molecule has 3 rings (SSSR count). The molecule has 1 aromatic carbocycles. The first-order valence-corrected chi connectivity index (χ1v) is 11.1. The molecular formula is C19H26N4O3S. The lowest BCUT2D eigenvalue weighted by Gasteiger charge is -2.32. The van der Waals surface area contributed by atoms with Crippen LogP contribution < -0.4 is 5.32 Å². The Morgan fingerprint density at radius 1 is 1.26 bits per heavy atom. The fraction of sp³-hybridized carbons (Fsp3) is 0.474. The molecule has 1 fully saturated rings. The van der Waals surface area contributed by atoms with Gasteiger partial charge in [-0.15, -0.1) is 0 Å². The Bertz CT molecular complexity index is 864. The van der Waals surface area contributed by atoms with E-state index in [1.54, 1.807) is 6.20 Å². The average Bonchev–Trinajstić information content (AvgIpc) is 3.09. The van der Waals surface area contributed by atoms with Crippen molar-refractivity contribution in [3.63, 3.8) is 0 Å². The maximum atomic E-state index is 12.5. The van der Waals surface area contributed by atoms with Crippen molar-refractivity contribution in [1.29, 1.82) is 0 Å². The predicted octanol–water partition coefficient (Wildman–Crippen LogP) is 1.40. The van der Waals surface area contributed by atoms with Crippen LogP contribution in [0.25, 0.3) is 0 Å². The van der Waals surface area contributed by atoms with Crippen molar-refractivity contribution >= 4 is 15.9 Å². The monoisotopic (exact) mass is 390 g/mol. The first kappa shape index (κ1) is 19.6. The summed E-state index contributed by atoms with van der Waals surface area (Å²) in [6, 6.07) is 9.52. The summed E-state index contributed by atoms with van der Waals surface area (Å²) < 4.78 is 27.2. The summed E-state index contributed by atoms with van der Waals surface area (Å²) in [5.41, 5.74) is 1.19. The Kier molecular flexibility index (Phi) is 6.28.